The molecular formula is C17H20N2O5. The molecule has 0 saturated carbocycles. The van der Waals surface area contributed by atoms with Crippen LogP contribution < -0.4 is 19.9 Å². The lowest BCUT2D eigenvalue weighted by atomic mass is 10.1. The maximum atomic E-state index is 11.5. The molecule has 2 rings (SSSR count). The molecule has 3 N–H and O–H groups in total. The van der Waals surface area contributed by atoms with Gasteiger partial charge >= 0.3 is 5.97 Å². The smallest absolute Gasteiger partial charge is 0.345 e. The summed E-state index contributed by atoms with van der Waals surface area (Å²) in [6.45, 7) is 0.144. The van der Waals surface area contributed by atoms with Crippen LogP contribution in [0.5, 0.6) is 17.5 Å². The Hall–Kier alpha value is -2.80. The van der Waals surface area contributed by atoms with Gasteiger partial charge in [-0.2, -0.15) is 4.98 Å². The van der Waals surface area contributed by atoms with Gasteiger partial charge in [-0.1, -0.05) is 30.3 Å². The van der Waals surface area contributed by atoms with E-state index < -0.39 is 5.97 Å². The molecule has 1 aromatic carbocycles. The molecule has 0 aliphatic rings. The van der Waals surface area contributed by atoms with Crippen molar-refractivity contribution < 1.29 is 24.1 Å². The zero-order valence-electron chi connectivity index (χ0n) is 13.6. The van der Waals surface area contributed by atoms with Gasteiger partial charge in [-0.05, 0) is 12.0 Å². The minimum absolute atomic E-state index is 0.0755. The first kappa shape index (κ1) is 17.6. The summed E-state index contributed by atoms with van der Waals surface area (Å²) >= 11 is 0. The molecule has 24 heavy (non-hydrogen) atoms. The average Bonchev–Trinajstić information content (AvgIpc) is 2.59. The minimum Gasteiger partial charge on any atom is -0.491 e. The van der Waals surface area contributed by atoms with Crippen LogP contribution in [0.25, 0.3) is 0 Å². The van der Waals surface area contributed by atoms with Crippen LogP contribution in [-0.4, -0.2) is 42.9 Å². The molecular weight excluding hydrogens is 312 g/mol. The highest BCUT2D eigenvalue weighted by atomic mass is 16.5. The Balaban J connectivity index is 2.14. The van der Waals surface area contributed by atoms with E-state index in [1.807, 2.05) is 30.3 Å². The first-order valence-electron chi connectivity index (χ1n) is 7.33. The maximum Gasteiger partial charge on any atom is 0.345 e. The third kappa shape index (κ3) is 4.36. The van der Waals surface area contributed by atoms with Crippen molar-refractivity contribution in [2.45, 2.75) is 12.5 Å². The van der Waals surface area contributed by atoms with Gasteiger partial charge in [0.25, 0.3) is 0 Å². The Morgan fingerprint density at radius 1 is 1.25 bits per heavy atom. The highest BCUT2D eigenvalue weighted by molar-refractivity contribution is 5.93. The Morgan fingerprint density at radius 2 is 1.96 bits per heavy atom. The fraction of sp³-hybridized carbons (Fsp3) is 0.294. The van der Waals surface area contributed by atoms with Crippen LogP contribution in [0.15, 0.2) is 36.4 Å². The van der Waals surface area contributed by atoms with Crippen molar-refractivity contribution in [3.63, 3.8) is 0 Å². The highest BCUT2D eigenvalue weighted by Crippen LogP contribution is 2.31. The molecule has 0 spiro atoms. The molecule has 0 saturated heterocycles. The summed E-state index contributed by atoms with van der Waals surface area (Å²) in [6, 6.07) is 10.9. The number of aromatic nitrogens is 1. The predicted octanol–water partition coefficient (Wildman–Crippen LogP) is 1.75. The highest BCUT2D eigenvalue weighted by Gasteiger charge is 2.22. The number of rotatable bonds is 8. The SMILES string of the molecule is COc1cc(OCC(N)Cc2ccccc2)c(C(=O)O)c(OC)n1. The number of nitrogens with zero attached hydrogens (tertiary/aromatic N) is 1. The monoisotopic (exact) mass is 332 g/mol. The van der Waals surface area contributed by atoms with E-state index >= 15 is 0 Å². The molecule has 7 heteroatoms. The van der Waals surface area contributed by atoms with Crippen molar-refractivity contribution in [3.05, 3.63) is 47.5 Å². The van der Waals surface area contributed by atoms with Gasteiger partial charge in [-0.15, -0.1) is 0 Å². The lowest BCUT2D eigenvalue weighted by Crippen LogP contribution is -2.30. The molecule has 2 aromatic rings. The van der Waals surface area contributed by atoms with E-state index in [-0.39, 0.29) is 35.7 Å². The molecule has 0 radical (unpaired) electrons. The second-order valence-corrected chi connectivity index (χ2v) is 5.11. The number of benzene rings is 1. The first-order chi connectivity index (χ1) is 11.5. The quantitative estimate of drug-likeness (QED) is 0.759. The Bertz CT molecular complexity index is 691. The lowest BCUT2D eigenvalue weighted by Gasteiger charge is -2.16. The van der Waals surface area contributed by atoms with Crippen molar-refractivity contribution in [1.29, 1.82) is 0 Å². The van der Waals surface area contributed by atoms with Crippen molar-refractivity contribution >= 4 is 5.97 Å². The van der Waals surface area contributed by atoms with Gasteiger partial charge in [-0.25, -0.2) is 4.79 Å². The third-order valence-corrected chi connectivity index (χ3v) is 3.34. The number of aromatic carboxylic acids is 1. The van der Waals surface area contributed by atoms with Crippen molar-refractivity contribution in [1.82, 2.24) is 4.98 Å². The molecule has 1 heterocycles. The summed E-state index contributed by atoms with van der Waals surface area (Å²) < 4.78 is 15.7. The van der Waals surface area contributed by atoms with Crippen molar-refractivity contribution in [2.75, 3.05) is 20.8 Å². The fourth-order valence-corrected chi connectivity index (χ4v) is 2.21. The predicted molar refractivity (Wildman–Crippen MR) is 87.9 cm³/mol. The number of nitrogens with two attached hydrogens (primary N) is 1. The minimum atomic E-state index is -1.20. The van der Waals surface area contributed by atoms with Crippen molar-refractivity contribution in [2.24, 2.45) is 5.73 Å². The van der Waals surface area contributed by atoms with E-state index in [9.17, 15) is 9.90 Å². The summed E-state index contributed by atoms with van der Waals surface area (Å²) in [5.41, 5.74) is 6.99. The largest absolute Gasteiger partial charge is 0.491 e. The third-order valence-electron chi connectivity index (χ3n) is 3.34. The van der Waals surface area contributed by atoms with Gasteiger partial charge in [0.15, 0.2) is 5.56 Å². The second kappa shape index (κ2) is 8.16. The summed E-state index contributed by atoms with van der Waals surface area (Å²) in [6.07, 6.45) is 0.614. The average molecular weight is 332 g/mol. The van der Waals surface area contributed by atoms with Gasteiger partial charge in [0.1, 0.15) is 12.4 Å². The topological polar surface area (TPSA) is 104 Å². The normalized spacial score (nSPS) is 11.6. The van der Waals surface area contributed by atoms with E-state index in [1.165, 1.54) is 20.3 Å². The molecule has 1 aromatic heterocycles. The van der Waals surface area contributed by atoms with Gasteiger partial charge in [0.2, 0.25) is 11.8 Å². The molecule has 0 bridgehead atoms. The van der Waals surface area contributed by atoms with Crippen LogP contribution in [0, 0.1) is 0 Å². The van der Waals surface area contributed by atoms with E-state index in [1.54, 1.807) is 0 Å². The molecule has 1 unspecified atom stereocenters. The number of pyridine rings is 1. The van der Waals surface area contributed by atoms with Gasteiger partial charge in [0, 0.05) is 12.1 Å². The number of carbonyl (C=O) groups is 1. The lowest BCUT2D eigenvalue weighted by molar-refractivity contribution is 0.0686. The summed E-state index contributed by atoms with van der Waals surface area (Å²) in [5, 5.41) is 9.37. The molecule has 7 nitrogen and oxygen atoms in total. The second-order valence-electron chi connectivity index (χ2n) is 5.11. The van der Waals surface area contributed by atoms with E-state index in [2.05, 4.69) is 4.98 Å². The Kier molecular flexibility index (Phi) is 5.97. The molecule has 0 aliphatic carbocycles. The number of hydrogen-bond acceptors (Lipinski definition) is 6. The van der Waals surface area contributed by atoms with Crippen LogP contribution in [-0.2, 0) is 6.42 Å². The Labute approximate surface area is 140 Å². The van der Waals surface area contributed by atoms with E-state index in [4.69, 9.17) is 19.9 Å². The summed E-state index contributed by atoms with van der Waals surface area (Å²) in [4.78, 5) is 15.4. The number of carboxylic acid groups (broad SMARTS) is 1. The number of ether oxygens (including phenoxy) is 3. The molecule has 0 fully saturated rings. The molecule has 128 valence electrons. The van der Waals surface area contributed by atoms with Crippen LogP contribution in [0.2, 0.25) is 0 Å². The van der Waals surface area contributed by atoms with Gasteiger partial charge < -0.3 is 25.1 Å². The van der Waals surface area contributed by atoms with Crippen molar-refractivity contribution in [3.8, 4) is 17.5 Å². The van der Waals surface area contributed by atoms with Crippen LogP contribution in [0.3, 0.4) is 0 Å². The summed E-state index contributed by atoms with van der Waals surface area (Å²) in [7, 11) is 2.76. The standard InChI is InChI=1S/C17H20N2O5/c1-22-14-9-13(15(17(20)21)16(19-14)23-2)24-10-12(18)8-11-6-4-3-5-7-11/h3-7,9,12H,8,10,18H2,1-2H3,(H,20,21). The molecule has 0 amide bonds. The van der Waals surface area contributed by atoms with Crippen LogP contribution in [0.4, 0.5) is 0 Å². The zero-order valence-corrected chi connectivity index (χ0v) is 13.6. The maximum absolute atomic E-state index is 11.5. The van der Waals surface area contributed by atoms with Crippen LogP contribution >= 0.6 is 0 Å². The molecule has 0 aliphatic heterocycles. The summed E-state index contributed by atoms with van der Waals surface area (Å²) in [5.74, 6) is -0.972. The van der Waals surface area contributed by atoms with Gasteiger partial charge in [-0.3, -0.25) is 0 Å². The van der Waals surface area contributed by atoms with E-state index in [0.717, 1.165) is 5.56 Å². The number of carboxylic acids is 1. The number of hydrogen-bond donors (Lipinski definition) is 2. The first-order valence-corrected chi connectivity index (χ1v) is 7.33. The van der Waals surface area contributed by atoms with Gasteiger partial charge in [0.05, 0.1) is 14.2 Å². The fourth-order valence-electron chi connectivity index (χ4n) is 2.21. The Morgan fingerprint density at radius 3 is 2.54 bits per heavy atom. The molecule has 1 atom stereocenters. The zero-order chi connectivity index (χ0) is 17.5. The number of methoxy groups -OCH3 is 2. The van der Waals surface area contributed by atoms with Crippen LogP contribution in [0.1, 0.15) is 15.9 Å². The van der Waals surface area contributed by atoms with E-state index in [0.29, 0.717) is 6.42 Å².